The summed E-state index contributed by atoms with van der Waals surface area (Å²) in [7, 11) is 0. The van der Waals surface area contributed by atoms with Gasteiger partial charge in [-0.05, 0) is 23.3 Å². The van der Waals surface area contributed by atoms with Gasteiger partial charge in [-0.2, -0.15) is 0 Å². The van der Waals surface area contributed by atoms with E-state index in [1.807, 2.05) is 18.2 Å². The van der Waals surface area contributed by atoms with Crippen molar-refractivity contribution in [2.75, 3.05) is 0 Å². The van der Waals surface area contributed by atoms with Gasteiger partial charge in [0.15, 0.2) is 0 Å². The number of benzene rings is 2. The molecule has 0 spiro atoms. The molecule has 0 saturated heterocycles. The maximum atomic E-state index is 13.6. The Hall–Kier alpha value is -1.98. The first-order valence-electron chi connectivity index (χ1n) is 6.22. The molecule has 2 rings (SSSR count). The summed E-state index contributed by atoms with van der Waals surface area (Å²) in [5.74, 6) is -2.42. The van der Waals surface area contributed by atoms with Crippen LogP contribution < -0.4 is 11.1 Å². The molecule has 0 aliphatic rings. The third-order valence-electron chi connectivity index (χ3n) is 3.03. The molecule has 0 heterocycles. The molecule has 1 amide bonds. The highest BCUT2D eigenvalue weighted by molar-refractivity contribution is 6.30. The fourth-order valence-electron chi connectivity index (χ4n) is 1.90. The van der Waals surface area contributed by atoms with Crippen molar-refractivity contribution in [2.45, 2.75) is 13.1 Å². The molecule has 2 aromatic carbocycles. The summed E-state index contributed by atoms with van der Waals surface area (Å²) in [6, 6.07) is 8.84. The summed E-state index contributed by atoms with van der Waals surface area (Å²) in [5.41, 5.74) is 6.90. The molecule has 3 N–H and O–H groups in total. The molecule has 0 bridgehead atoms. The second-order valence-electron chi connectivity index (χ2n) is 4.40. The highest BCUT2D eigenvalue weighted by Crippen LogP contribution is 2.19. The van der Waals surface area contributed by atoms with E-state index in [0.29, 0.717) is 6.54 Å². The fraction of sp³-hybridized carbons (Fsp3) is 0.133. The van der Waals surface area contributed by atoms with Crippen LogP contribution in [-0.2, 0) is 13.1 Å². The van der Waals surface area contributed by atoms with Crippen LogP contribution in [0.3, 0.4) is 0 Å². The van der Waals surface area contributed by atoms with Gasteiger partial charge in [0.25, 0.3) is 5.91 Å². The van der Waals surface area contributed by atoms with Gasteiger partial charge in [-0.15, -0.1) is 0 Å². The summed E-state index contributed by atoms with van der Waals surface area (Å²) in [4.78, 5) is 11.9. The Balaban J connectivity index is 2.14. The highest BCUT2D eigenvalue weighted by atomic mass is 35.5. The van der Waals surface area contributed by atoms with Crippen LogP contribution in [0.4, 0.5) is 8.78 Å². The molecule has 0 unspecified atom stereocenters. The lowest BCUT2D eigenvalue weighted by molar-refractivity contribution is 0.0946. The third kappa shape index (κ3) is 3.56. The average molecular weight is 311 g/mol. The molecule has 0 aliphatic carbocycles. The van der Waals surface area contributed by atoms with Gasteiger partial charge in [-0.25, -0.2) is 8.78 Å². The smallest absolute Gasteiger partial charge is 0.254 e. The lowest BCUT2D eigenvalue weighted by atomic mass is 10.1. The molecule has 0 fully saturated rings. The number of nitrogens with two attached hydrogens (primary N) is 1. The van der Waals surface area contributed by atoms with E-state index >= 15 is 0 Å². The van der Waals surface area contributed by atoms with Crippen LogP contribution in [0, 0.1) is 11.6 Å². The number of hydrogen-bond acceptors (Lipinski definition) is 2. The fourth-order valence-corrected chi connectivity index (χ4v) is 2.05. The number of amides is 1. The number of carbonyl (C=O) groups is 1. The minimum Gasteiger partial charge on any atom is -0.348 e. The van der Waals surface area contributed by atoms with E-state index in [0.717, 1.165) is 23.3 Å². The first-order valence-corrected chi connectivity index (χ1v) is 6.60. The minimum atomic E-state index is -0.869. The molecule has 2 aromatic rings. The standard InChI is InChI=1S/C15H13ClF2N2O/c16-12-6-13(17)11(5-14(12)18)15(21)20-8-10-4-2-1-3-9(10)7-19/h1-6H,7-8,19H2,(H,20,21). The second kappa shape index (κ2) is 6.65. The Bertz CT molecular complexity index is 677. The molecule has 0 saturated carbocycles. The maximum absolute atomic E-state index is 13.6. The van der Waals surface area contributed by atoms with Gasteiger partial charge in [-0.1, -0.05) is 35.9 Å². The van der Waals surface area contributed by atoms with Crippen molar-refractivity contribution < 1.29 is 13.6 Å². The van der Waals surface area contributed by atoms with Crippen LogP contribution in [0.2, 0.25) is 5.02 Å². The molecule has 6 heteroatoms. The zero-order chi connectivity index (χ0) is 15.4. The van der Waals surface area contributed by atoms with E-state index in [-0.39, 0.29) is 17.1 Å². The van der Waals surface area contributed by atoms with E-state index in [9.17, 15) is 13.6 Å². The SMILES string of the molecule is NCc1ccccc1CNC(=O)c1cc(F)c(Cl)cc1F. The molecular weight excluding hydrogens is 298 g/mol. The van der Waals surface area contributed by atoms with Crippen molar-refractivity contribution in [2.24, 2.45) is 5.73 Å². The average Bonchev–Trinajstić information content (AvgIpc) is 2.48. The monoisotopic (exact) mass is 310 g/mol. The van der Waals surface area contributed by atoms with Crippen molar-refractivity contribution in [1.29, 1.82) is 0 Å². The van der Waals surface area contributed by atoms with E-state index in [4.69, 9.17) is 17.3 Å². The largest absolute Gasteiger partial charge is 0.348 e. The lowest BCUT2D eigenvalue weighted by Gasteiger charge is -2.10. The van der Waals surface area contributed by atoms with Gasteiger partial charge < -0.3 is 11.1 Å². The topological polar surface area (TPSA) is 55.1 Å². The molecule has 3 nitrogen and oxygen atoms in total. The molecule has 0 aliphatic heterocycles. The van der Waals surface area contributed by atoms with E-state index in [1.54, 1.807) is 6.07 Å². The summed E-state index contributed by atoms with van der Waals surface area (Å²) < 4.78 is 26.9. The Morgan fingerprint density at radius 2 is 1.81 bits per heavy atom. The van der Waals surface area contributed by atoms with Gasteiger partial charge >= 0.3 is 0 Å². The maximum Gasteiger partial charge on any atom is 0.254 e. The highest BCUT2D eigenvalue weighted by Gasteiger charge is 2.15. The molecule has 0 atom stereocenters. The van der Waals surface area contributed by atoms with Gasteiger partial charge in [0.2, 0.25) is 0 Å². The number of hydrogen-bond donors (Lipinski definition) is 2. The second-order valence-corrected chi connectivity index (χ2v) is 4.81. The van der Waals surface area contributed by atoms with Crippen LogP contribution >= 0.6 is 11.6 Å². The van der Waals surface area contributed by atoms with Crippen LogP contribution in [0.15, 0.2) is 36.4 Å². The van der Waals surface area contributed by atoms with E-state index in [2.05, 4.69) is 5.32 Å². The van der Waals surface area contributed by atoms with Crippen LogP contribution in [0.1, 0.15) is 21.5 Å². The molecule has 0 radical (unpaired) electrons. The lowest BCUT2D eigenvalue weighted by Crippen LogP contribution is -2.25. The zero-order valence-corrected chi connectivity index (χ0v) is 11.8. The predicted octanol–water partition coefficient (Wildman–Crippen LogP) is 3.01. The quantitative estimate of drug-likeness (QED) is 0.853. The molecule has 110 valence electrons. The molecular formula is C15H13ClF2N2O. The minimum absolute atomic E-state index is 0.176. The van der Waals surface area contributed by atoms with Crippen LogP contribution in [0.25, 0.3) is 0 Å². The van der Waals surface area contributed by atoms with Gasteiger partial charge in [0.05, 0.1) is 10.6 Å². The first kappa shape index (κ1) is 15.4. The van der Waals surface area contributed by atoms with Crippen molar-refractivity contribution in [3.63, 3.8) is 0 Å². The van der Waals surface area contributed by atoms with Gasteiger partial charge in [-0.3, -0.25) is 4.79 Å². The summed E-state index contributed by atoms with van der Waals surface area (Å²) in [5, 5.41) is 2.17. The van der Waals surface area contributed by atoms with Crippen molar-refractivity contribution in [3.8, 4) is 0 Å². The zero-order valence-electron chi connectivity index (χ0n) is 11.0. The predicted molar refractivity (Wildman–Crippen MR) is 76.9 cm³/mol. The van der Waals surface area contributed by atoms with Gasteiger partial charge in [0, 0.05) is 13.1 Å². The number of rotatable bonds is 4. The number of nitrogens with one attached hydrogen (secondary N) is 1. The van der Waals surface area contributed by atoms with E-state index < -0.39 is 17.5 Å². The summed E-state index contributed by atoms with van der Waals surface area (Å²) in [6.07, 6.45) is 0. The van der Waals surface area contributed by atoms with Crippen molar-refractivity contribution >= 4 is 17.5 Å². The Labute approximate surface area is 125 Å². The van der Waals surface area contributed by atoms with Crippen molar-refractivity contribution in [1.82, 2.24) is 5.32 Å². The Kier molecular flexibility index (Phi) is 4.88. The molecule has 0 aromatic heterocycles. The van der Waals surface area contributed by atoms with Crippen LogP contribution in [0.5, 0.6) is 0 Å². The Morgan fingerprint density at radius 1 is 1.14 bits per heavy atom. The van der Waals surface area contributed by atoms with E-state index in [1.165, 1.54) is 0 Å². The Morgan fingerprint density at radius 3 is 2.48 bits per heavy atom. The van der Waals surface area contributed by atoms with Crippen LogP contribution in [-0.4, -0.2) is 5.91 Å². The summed E-state index contributed by atoms with van der Waals surface area (Å²) >= 11 is 5.44. The van der Waals surface area contributed by atoms with Gasteiger partial charge in [0.1, 0.15) is 11.6 Å². The normalized spacial score (nSPS) is 10.5. The first-order chi connectivity index (χ1) is 10.0. The number of carbonyl (C=O) groups excluding carboxylic acids is 1. The molecule has 21 heavy (non-hydrogen) atoms. The number of halogens is 3. The third-order valence-corrected chi connectivity index (χ3v) is 3.32. The summed E-state index contributed by atoms with van der Waals surface area (Å²) in [6.45, 7) is 0.506. The van der Waals surface area contributed by atoms with Crippen molar-refractivity contribution in [3.05, 3.63) is 69.7 Å².